The lowest BCUT2D eigenvalue weighted by atomic mass is 9.67. The Balaban J connectivity index is 1.94. The van der Waals surface area contributed by atoms with Crippen LogP contribution in [-0.2, 0) is 14.3 Å². The van der Waals surface area contributed by atoms with Gasteiger partial charge in [0.2, 0.25) is 11.8 Å². The molecule has 2 rings (SSSR count). The summed E-state index contributed by atoms with van der Waals surface area (Å²) in [4.78, 5) is 25.7. The third-order valence-corrected chi connectivity index (χ3v) is 4.30. The molecule has 2 amide bonds. The topological polar surface area (TPSA) is 46.6 Å². The molecule has 4 heteroatoms. The van der Waals surface area contributed by atoms with Crippen molar-refractivity contribution in [2.24, 2.45) is 5.41 Å². The van der Waals surface area contributed by atoms with Crippen LogP contribution in [0.1, 0.15) is 51.4 Å². The van der Waals surface area contributed by atoms with Gasteiger partial charge in [-0.2, -0.15) is 0 Å². The largest absolute Gasteiger partial charge is 0.385 e. The zero-order chi connectivity index (χ0) is 13.0. The van der Waals surface area contributed by atoms with E-state index in [2.05, 4.69) is 0 Å². The highest BCUT2D eigenvalue weighted by Gasteiger charge is 2.43. The summed E-state index contributed by atoms with van der Waals surface area (Å²) >= 11 is 0. The molecule has 1 aliphatic heterocycles. The van der Waals surface area contributed by atoms with E-state index in [4.69, 9.17) is 4.74 Å². The summed E-state index contributed by atoms with van der Waals surface area (Å²) in [5.41, 5.74) is 0.00414. The number of amides is 2. The summed E-state index contributed by atoms with van der Waals surface area (Å²) < 4.78 is 4.96. The molecule has 0 aromatic heterocycles. The molecule has 1 spiro atoms. The van der Waals surface area contributed by atoms with Crippen LogP contribution in [0.25, 0.3) is 0 Å². The molecule has 4 nitrogen and oxygen atoms in total. The zero-order valence-electron chi connectivity index (χ0n) is 11.2. The van der Waals surface area contributed by atoms with Crippen molar-refractivity contribution in [3.05, 3.63) is 0 Å². The van der Waals surface area contributed by atoms with Gasteiger partial charge in [0.15, 0.2) is 0 Å². The number of imide groups is 1. The first-order chi connectivity index (χ1) is 8.67. The molecule has 2 fully saturated rings. The lowest BCUT2D eigenvalue weighted by Crippen LogP contribution is -2.49. The summed E-state index contributed by atoms with van der Waals surface area (Å²) in [6.07, 6.45) is 7.58. The van der Waals surface area contributed by atoms with Crippen LogP contribution in [0, 0.1) is 5.41 Å². The van der Waals surface area contributed by atoms with Gasteiger partial charge in [0.05, 0.1) is 0 Å². The Bertz CT molecular complexity index is 301. The number of ether oxygens (including phenoxy) is 1. The Morgan fingerprint density at radius 1 is 1.11 bits per heavy atom. The van der Waals surface area contributed by atoms with Gasteiger partial charge in [-0.1, -0.05) is 19.3 Å². The van der Waals surface area contributed by atoms with Gasteiger partial charge < -0.3 is 4.74 Å². The monoisotopic (exact) mass is 253 g/mol. The molecule has 18 heavy (non-hydrogen) atoms. The molecule has 1 aliphatic carbocycles. The molecular weight excluding hydrogens is 230 g/mol. The first-order valence-electron chi connectivity index (χ1n) is 6.99. The Hall–Kier alpha value is -0.900. The normalized spacial score (nSPS) is 23.7. The fourth-order valence-corrected chi connectivity index (χ4v) is 3.31. The molecule has 0 aromatic carbocycles. The van der Waals surface area contributed by atoms with Crippen LogP contribution in [0.2, 0.25) is 0 Å². The summed E-state index contributed by atoms with van der Waals surface area (Å²) in [6, 6.07) is 0. The van der Waals surface area contributed by atoms with E-state index in [1.807, 2.05) is 0 Å². The van der Waals surface area contributed by atoms with Gasteiger partial charge in [-0.15, -0.1) is 0 Å². The van der Waals surface area contributed by atoms with Crippen LogP contribution in [0.3, 0.4) is 0 Å². The van der Waals surface area contributed by atoms with E-state index in [1.54, 1.807) is 7.11 Å². The maximum Gasteiger partial charge on any atom is 0.229 e. The molecule has 0 unspecified atom stereocenters. The number of rotatable bonds is 4. The van der Waals surface area contributed by atoms with Crippen molar-refractivity contribution in [3.63, 3.8) is 0 Å². The standard InChI is InChI=1S/C14H23NO3/c1-18-9-5-8-15-12(16)10-14(11-13(15)17)6-3-2-4-7-14/h2-11H2,1H3. The summed E-state index contributed by atoms with van der Waals surface area (Å²) in [5, 5.41) is 0. The average molecular weight is 253 g/mol. The summed E-state index contributed by atoms with van der Waals surface area (Å²) in [7, 11) is 1.64. The first kappa shape index (κ1) is 13.5. The van der Waals surface area contributed by atoms with E-state index >= 15 is 0 Å². The van der Waals surface area contributed by atoms with Gasteiger partial charge >= 0.3 is 0 Å². The highest BCUT2D eigenvalue weighted by molar-refractivity contribution is 5.98. The third kappa shape index (κ3) is 2.91. The van der Waals surface area contributed by atoms with Crippen LogP contribution in [0.5, 0.6) is 0 Å². The van der Waals surface area contributed by atoms with Crippen LogP contribution < -0.4 is 0 Å². The predicted molar refractivity (Wildman–Crippen MR) is 68.0 cm³/mol. The second-order valence-electron chi connectivity index (χ2n) is 5.70. The minimum atomic E-state index is 0.00414. The minimum Gasteiger partial charge on any atom is -0.385 e. The Morgan fingerprint density at radius 2 is 1.72 bits per heavy atom. The molecule has 102 valence electrons. The number of methoxy groups -OCH3 is 1. The van der Waals surface area contributed by atoms with Crippen LogP contribution in [0.15, 0.2) is 0 Å². The molecule has 1 heterocycles. The van der Waals surface area contributed by atoms with Gasteiger partial charge in [-0.05, 0) is 24.7 Å². The van der Waals surface area contributed by atoms with Crippen molar-refractivity contribution >= 4 is 11.8 Å². The Labute approximate surface area is 109 Å². The fraction of sp³-hybridized carbons (Fsp3) is 0.857. The summed E-state index contributed by atoms with van der Waals surface area (Å²) in [6.45, 7) is 1.11. The van der Waals surface area contributed by atoms with Crippen LogP contribution in [0.4, 0.5) is 0 Å². The average Bonchev–Trinajstić information content (AvgIpc) is 2.34. The van der Waals surface area contributed by atoms with E-state index in [0.717, 1.165) is 19.3 Å². The SMILES string of the molecule is COCCCN1C(=O)CC2(CCCCC2)CC1=O. The number of hydrogen-bond acceptors (Lipinski definition) is 3. The lowest BCUT2D eigenvalue weighted by Gasteiger charge is -2.42. The second kappa shape index (κ2) is 5.83. The molecule has 0 N–H and O–H groups in total. The highest BCUT2D eigenvalue weighted by Crippen LogP contribution is 2.45. The van der Waals surface area contributed by atoms with Crippen molar-refractivity contribution in [2.45, 2.75) is 51.4 Å². The van der Waals surface area contributed by atoms with E-state index in [-0.39, 0.29) is 17.2 Å². The van der Waals surface area contributed by atoms with Crippen molar-refractivity contribution in [1.82, 2.24) is 4.90 Å². The van der Waals surface area contributed by atoms with Crippen LogP contribution >= 0.6 is 0 Å². The van der Waals surface area contributed by atoms with Gasteiger partial charge in [-0.3, -0.25) is 14.5 Å². The zero-order valence-corrected chi connectivity index (χ0v) is 11.2. The molecule has 1 saturated heterocycles. The quantitative estimate of drug-likeness (QED) is 0.569. The molecule has 0 aromatic rings. The molecule has 0 bridgehead atoms. The molecule has 1 saturated carbocycles. The van der Waals surface area contributed by atoms with Gasteiger partial charge in [0, 0.05) is 33.1 Å². The van der Waals surface area contributed by atoms with Gasteiger partial charge in [0.1, 0.15) is 0 Å². The Morgan fingerprint density at radius 3 is 2.28 bits per heavy atom. The van der Waals surface area contributed by atoms with E-state index in [9.17, 15) is 9.59 Å². The maximum absolute atomic E-state index is 12.1. The third-order valence-electron chi connectivity index (χ3n) is 4.30. The number of likely N-dealkylation sites (tertiary alicyclic amines) is 1. The fourth-order valence-electron chi connectivity index (χ4n) is 3.31. The number of carbonyl (C=O) groups excluding carboxylic acids is 2. The molecule has 0 radical (unpaired) electrons. The van der Waals surface area contributed by atoms with Crippen molar-refractivity contribution in [3.8, 4) is 0 Å². The Kier molecular flexibility index (Phi) is 4.38. The number of nitrogens with zero attached hydrogens (tertiary/aromatic N) is 1. The smallest absolute Gasteiger partial charge is 0.229 e. The molecular formula is C14H23NO3. The number of hydrogen-bond donors (Lipinski definition) is 0. The van der Waals surface area contributed by atoms with Gasteiger partial charge in [-0.25, -0.2) is 0 Å². The highest BCUT2D eigenvalue weighted by atomic mass is 16.5. The number of carbonyl (C=O) groups is 2. The van der Waals surface area contributed by atoms with Crippen molar-refractivity contribution in [1.29, 1.82) is 0 Å². The van der Waals surface area contributed by atoms with E-state index < -0.39 is 0 Å². The van der Waals surface area contributed by atoms with E-state index in [1.165, 1.54) is 24.2 Å². The predicted octanol–water partition coefficient (Wildman–Crippen LogP) is 2.12. The van der Waals surface area contributed by atoms with E-state index in [0.29, 0.717) is 26.0 Å². The first-order valence-corrected chi connectivity index (χ1v) is 6.99. The van der Waals surface area contributed by atoms with Gasteiger partial charge in [0.25, 0.3) is 0 Å². The van der Waals surface area contributed by atoms with Crippen molar-refractivity contribution < 1.29 is 14.3 Å². The summed E-state index contributed by atoms with van der Waals surface area (Å²) in [5.74, 6) is 0.0634. The lowest BCUT2D eigenvalue weighted by molar-refractivity contribution is -0.154. The van der Waals surface area contributed by atoms with Crippen LogP contribution in [-0.4, -0.2) is 37.0 Å². The minimum absolute atomic E-state index is 0.00414. The maximum atomic E-state index is 12.1. The van der Waals surface area contributed by atoms with Crippen molar-refractivity contribution in [2.75, 3.05) is 20.3 Å². The number of piperidine rings is 1. The molecule has 0 atom stereocenters. The second-order valence-corrected chi connectivity index (χ2v) is 5.70. The molecule has 2 aliphatic rings.